The molecule has 1 amide bonds. The second-order valence-corrected chi connectivity index (χ2v) is 11.1. The number of fused-ring (bicyclic) bond motifs is 1. The Hall–Kier alpha value is -4.87. The highest BCUT2D eigenvalue weighted by Crippen LogP contribution is 2.28. The number of hydrogen-bond donors (Lipinski definition) is 1. The molecule has 0 radical (unpaired) electrons. The first-order chi connectivity index (χ1) is 21.8. The highest BCUT2D eigenvalue weighted by molar-refractivity contribution is 5.94. The van der Waals surface area contributed by atoms with Crippen LogP contribution < -0.4 is 15.6 Å². The van der Waals surface area contributed by atoms with E-state index >= 15 is 0 Å². The zero-order valence-corrected chi connectivity index (χ0v) is 25.2. The number of amides is 1. The fourth-order valence-electron chi connectivity index (χ4n) is 5.72. The van der Waals surface area contributed by atoms with Crippen molar-refractivity contribution < 1.29 is 18.3 Å². The summed E-state index contributed by atoms with van der Waals surface area (Å²) in [5.74, 6) is -1.06. The van der Waals surface area contributed by atoms with Gasteiger partial charge in [-0.3, -0.25) is 14.5 Å². The smallest absolute Gasteiger partial charge is 0.272 e. The lowest BCUT2D eigenvalue weighted by molar-refractivity contribution is 0.0733. The van der Waals surface area contributed by atoms with Gasteiger partial charge in [-0.1, -0.05) is 36.4 Å². The van der Waals surface area contributed by atoms with Crippen LogP contribution >= 0.6 is 0 Å². The van der Waals surface area contributed by atoms with Crippen LogP contribution in [-0.4, -0.2) is 70.0 Å². The normalized spacial score (nSPS) is 13.5. The number of imidazole rings is 1. The topological polar surface area (TPSA) is 84.1 Å². The van der Waals surface area contributed by atoms with Gasteiger partial charge < -0.3 is 19.5 Å². The first-order valence-electron chi connectivity index (χ1n) is 14.8. The van der Waals surface area contributed by atoms with Crippen LogP contribution in [0.4, 0.5) is 8.78 Å². The Kier molecular flexibility index (Phi) is 8.72. The molecule has 6 rings (SSSR count). The molecule has 1 N–H and O–H groups in total. The quantitative estimate of drug-likeness (QED) is 0.269. The lowest BCUT2D eigenvalue weighted by Crippen LogP contribution is -2.48. The summed E-state index contributed by atoms with van der Waals surface area (Å²) in [6.45, 7) is 2.69. The summed E-state index contributed by atoms with van der Waals surface area (Å²) in [4.78, 5) is 36.7. The van der Waals surface area contributed by atoms with Crippen molar-refractivity contribution in [1.82, 2.24) is 29.1 Å². The van der Waals surface area contributed by atoms with Crippen LogP contribution in [0.3, 0.4) is 0 Å². The van der Waals surface area contributed by atoms with Gasteiger partial charge in [0.05, 0.1) is 25.0 Å². The number of aromatic nitrogens is 3. The Morgan fingerprint density at radius 2 is 1.64 bits per heavy atom. The van der Waals surface area contributed by atoms with E-state index in [0.29, 0.717) is 56.4 Å². The van der Waals surface area contributed by atoms with Crippen LogP contribution in [-0.2, 0) is 19.6 Å². The van der Waals surface area contributed by atoms with Gasteiger partial charge in [0.1, 0.15) is 22.9 Å². The predicted molar refractivity (Wildman–Crippen MR) is 167 cm³/mol. The maximum absolute atomic E-state index is 14.9. The molecule has 1 aliphatic rings. The number of hydrogen-bond acceptors (Lipinski definition) is 6. The second-order valence-electron chi connectivity index (χ2n) is 11.1. The van der Waals surface area contributed by atoms with E-state index in [0.717, 1.165) is 11.1 Å². The summed E-state index contributed by atoms with van der Waals surface area (Å²) >= 11 is 0. The van der Waals surface area contributed by atoms with Crippen molar-refractivity contribution in [2.24, 2.45) is 0 Å². The first kappa shape index (κ1) is 30.2. The van der Waals surface area contributed by atoms with Crippen molar-refractivity contribution in [2.45, 2.75) is 19.6 Å². The fraction of sp³-hybridized carbons (Fsp3) is 0.265. The number of carbonyl (C=O) groups is 1. The number of benzene rings is 3. The molecule has 0 aliphatic carbocycles. The lowest BCUT2D eigenvalue weighted by Gasteiger charge is -2.27. The van der Waals surface area contributed by atoms with E-state index in [2.05, 4.69) is 10.2 Å². The Labute approximate surface area is 259 Å². The Balaban J connectivity index is 1.56. The van der Waals surface area contributed by atoms with Gasteiger partial charge >= 0.3 is 0 Å². The number of methoxy groups -OCH3 is 1. The molecular weight excluding hydrogens is 578 g/mol. The summed E-state index contributed by atoms with van der Waals surface area (Å²) in [6.07, 6.45) is 1.39. The predicted octanol–water partition coefficient (Wildman–Crippen LogP) is 4.18. The summed E-state index contributed by atoms with van der Waals surface area (Å²) < 4.78 is 38.1. The molecular formula is C34H34F2N6O3. The van der Waals surface area contributed by atoms with Gasteiger partial charge in [0.15, 0.2) is 0 Å². The molecule has 3 aromatic carbocycles. The van der Waals surface area contributed by atoms with Gasteiger partial charge in [0.2, 0.25) is 5.78 Å². The maximum atomic E-state index is 14.9. The number of piperazine rings is 1. The Morgan fingerprint density at radius 3 is 2.31 bits per heavy atom. The number of ether oxygens (including phenoxy) is 1. The zero-order valence-electron chi connectivity index (χ0n) is 25.2. The molecule has 1 saturated heterocycles. The van der Waals surface area contributed by atoms with E-state index in [1.807, 2.05) is 49.5 Å². The number of nitrogens with zero attached hydrogens (tertiary/aromatic N) is 5. The van der Waals surface area contributed by atoms with Crippen LogP contribution in [0.25, 0.3) is 17.0 Å². The van der Waals surface area contributed by atoms with Gasteiger partial charge in [-0.25, -0.2) is 18.2 Å². The van der Waals surface area contributed by atoms with Gasteiger partial charge in [0, 0.05) is 56.6 Å². The van der Waals surface area contributed by atoms with E-state index < -0.39 is 23.1 Å². The van der Waals surface area contributed by atoms with Crippen LogP contribution in [0, 0.1) is 11.6 Å². The monoisotopic (exact) mass is 612 g/mol. The molecule has 0 spiro atoms. The molecule has 3 heterocycles. The lowest BCUT2D eigenvalue weighted by atomic mass is 10.1. The van der Waals surface area contributed by atoms with Crippen molar-refractivity contribution in [2.75, 3.05) is 40.3 Å². The third-order valence-electron chi connectivity index (χ3n) is 8.03. The summed E-state index contributed by atoms with van der Waals surface area (Å²) in [7, 11) is 3.52. The van der Waals surface area contributed by atoms with Crippen molar-refractivity contribution >= 4 is 11.7 Å². The molecule has 9 nitrogen and oxygen atoms in total. The van der Waals surface area contributed by atoms with Crippen LogP contribution in [0.2, 0.25) is 0 Å². The van der Waals surface area contributed by atoms with E-state index in [-0.39, 0.29) is 23.4 Å². The molecule has 0 atom stereocenters. The Bertz CT molecular complexity index is 1860. The van der Waals surface area contributed by atoms with Crippen LogP contribution in [0.15, 0.2) is 83.8 Å². The molecule has 5 aromatic rings. The summed E-state index contributed by atoms with van der Waals surface area (Å²) in [5.41, 5.74) is 2.06. The van der Waals surface area contributed by atoms with Gasteiger partial charge in [-0.05, 0) is 49.0 Å². The minimum absolute atomic E-state index is 0.0909. The van der Waals surface area contributed by atoms with E-state index in [1.54, 1.807) is 24.1 Å². The van der Waals surface area contributed by atoms with Crippen molar-refractivity contribution in [3.63, 3.8) is 0 Å². The van der Waals surface area contributed by atoms with Crippen LogP contribution in [0.1, 0.15) is 27.2 Å². The average Bonchev–Trinajstić information content (AvgIpc) is 3.44. The molecule has 1 fully saturated rings. The van der Waals surface area contributed by atoms with Crippen molar-refractivity contribution in [3.05, 3.63) is 123 Å². The number of carbonyl (C=O) groups excluding carboxylic acids is 1. The minimum atomic E-state index is -0.730. The molecule has 0 bridgehead atoms. The standard InChI is InChI=1S/C34H34F2N6O3/c1-39(19-23-7-4-3-5-8-23)22-30-31(24-11-13-25(45-2)14-12-24)38-34-41(20-26-28(35)9-6-10-29(26)36)21-27(33(44)42(30)34)32(43)40-17-15-37-16-18-40/h3-14,21,37H,15-20,22H2,1-2H3. The van der Waals surface area contributed by atoms with Gasteiger partial charge in [-0.15, -0.1) is 0 Å². The highest BCUT2D eigenvalue weighted by atomic mass is 19.1. The third kappa shape index (κ3) is 6.22. The van der Waals surface area contributed by atoms with Crippen molar-refractivity contribution in [1.29, 1.82) is 0 Å². The van der Waals surface area contributed by atoms with Gasteiger partial charge in [0.25, 0.3) is 11.5 Å². The molecule has 232 valence electrons. The molecule has 1 aliphatic heterocycles. The largest absolute Gasteiger partial charge is 0.497 e. The van der Waals surface area contributed by atoms with E-state index in [9.17, 15) is 18.4 Å². The molecule has 0 unspecified atom stereocenters. The summed E-state index contributed by atoms with van der Waals surface area (Å²) in [6, 6.07) is 20.9. The third-order valence-corrected chi connectivity index (χ3v) is 8.03. The average molecular weight is 613 g/mol. The molecule has 45 heavy (non-hydrogen) atoms. The highest BCUT2D eigenvalue weighted by Gasteiger charge is 2.27. The fourth-order valence-corrected chi connectivity index (χ4v) is 5.72. The maximum Gasteiger partial charge on any atom is 0.272 e. The minimum Gasteiger partial charge on any atom is -0.497 e. The van der Waals surface area contributed by atoms with Gasteiger partial charge in [-0.2, -0.15) is 0 Å². The molecule has 0 saturated carbocycles. The van der Waals surface area contributed by atoms with Crippen molar-refractivity contribution in [3.8, 4) is 17.0 Å². The Morgan fingerprint density at radius 1 is 0.956 bits per heavy atom. The SMILES string of the molecule is COc1ccc(-c2nc3n(Cc4c(F)cccc4F)cc(C(=O)N4CCNCC4)c(=O)n3c2CN(C)Cc2ccccc2)cc1. The first-order valence-corrected chi connectivity index (χ1v) is 14.8. The molecule has 11 heteroatoms. The number of halogens is 2. The number of rotatable bonds is 9. The zero-order chi connectivity index (χ0) is 31.5. The second kappa shape index (κ2) is 13.0. The number of nitrogens with one attached hydrogen (secondary N) is 1. The summed E-state index contributed by atoms with van der Waals surface area (Å²) in [5, 5.41) is 3.21. The van der Waals surface area contributed by atoms with E-state index in [1.165, 1.54) is 33.4 Å². The van der Waals surface area contributed by atoms with E-state index in [4.69, 9.17) is 9.72 Å². The molecule has 2 aromatic heterocycles. The van der Waals surface area contributed by atoms with Crippen LogP contribution in [0.5, 0.6) is 5.75 Å².